The van der Waals surface area contributed by atoms with Crippen molar-refractivity contribution in [3.05, 3.63) is 88.3 Å². The minimum absolute atomic E-state index is 0.183. The number of allylic oxidation sites excluding steroid dienone is 6. The third-order valence-electron chi connectivity index (χ3n) is 6.67. The van der Waals surface area contributed by atoms with Crippen LogP contribution < -0.4 is 5.32 Å². The maximum absolute atomic E-state index is 15.1. The summed E-state index contributed by atoms with van der Waals surface area (Å²) in [6, 6.07) is 12.4. The van der Waals surface area contributed by atoms with E-state index in [1.165, 1.54) is 17.4 Å². The zero-order chi connectivity index (χ0) is 24.3. The zero-order valence-corrected chi connectivity index (χ0v) is 21.0. The molecular weight excluding hydrogens is 447 g/mol. The predicted molar refractivity (Wildman–Crippen MR) is 140 cm³/mol. The molecule has 6 heteroatoms. The van der Waals surface area contributed by atoms with Gasteiger partial charge in [0, 0.05) is 42.8 Å². The number of aryl methyl sites for hydroxylation is 1. The third kappa shape index (κ3) is 5.68. The number of nitrogens with zero attached hydrogens (tertiary/aromatic N) is 1. The summed E-state index contributed by atoms with van der Waals surface area (Å²) in [6.45, 7) is 6.24. The molecular formula is C28H33FN2O2S. The van der Waals surface area contributed by atoms with Crippen LogP contribution in [-0.2, 0) is 22.8 Å². The number of halogens is 1. The van der Waals surface area contributed by atoms with Crippen LogP contribution in [0.25, 0.3) is 5.57 Å². The van der Waals surface area contributed by atoms with Gasteiger partial charge in [0.2, 0.25) is 0 Å². The van der Waals surface area contributed by atoms with Crippen molar-refractivity contribution in [1.29, 1.82) is 0 Å². The van der Waals surface area contributed by atoms with E-state index in [1.54, 1.807) is 12.2 Å². The molecule has 0 bridgehead atoms. The van der Waals surface area contributed by atoms with Gasteiger partial charge in [-0.3, -0.25) is 4.90 Å². The molecule has 1 N–H and O–H groups in total. The van der Waals surface area contributed by atoms with Gasteiger partial charge in [-0.25, -0.2) is 12.8 Å². The second kappa shape index (κ2) is 10.3. The summed E-state index contributed by atoms with van der Waals surface area (Å²) in [7, 11) is -2.97. The van der Waals surface area contributed by atoms with Gasteiger partial charge in [-0.1, -0.05) is 42.8 Å². The summed E-state index contributed by atoms with van der Waals surface area (Å²) in [4.78, 5) is 2.20. The molecule has 0 saturated carbocycles. The Balaban J connectivity index is 1.60. The number of sulfone groups is 1. The van der Waals surface area contributed by atoms with Crippen LogP contribution in [0.1, 0.15) is 42.0 Å². The lowest BCUT2D eigenvalue weighted by atomic mass is 9.92. The molecule has 0 amide bonds. The Morgan fingerprint density at radius 3 is 2.76 bits per heavy atom. The summed E-state index contributed by atoms with van der Waals surface area (Å²) >= 11 is 0. The molecule has 0 unspecified atom stereocenters. The molecule has 34 heavy (non-hydrogen) atoms. The molecule has 1 aliphatic heterocycles. The number of rotatable bonds is 7. The highest BCUT2D eigenvalue weighted by Gasteiger charge is 2.21. The Labute approximate surface area is 202 Å². The minimum atomic E-state index is -2.97. The van der Waals surface area contributed by atoms with Crippen LogP contribution in [0.5, 0.6) is 0 Å². The van der Waals surface area contributed by atoms with E-state index >= 15 is 4.39 Å². The summed E-state index contributed by atoms with van der Waals surface area (Å²) in [6.07, 6.45) is 9.07. The van der Waals surface area contributed by atoms with Crippen LogP contribution in [0, 0.1) is 6.92 Å². The summed E-state index contributed by atoms with van der Waals surface area (Å²) in [5.41, 5.74) is 8.26. The fraction of sp³-hybridized carbons (Fsp3) is 0.357. The summed E-state index contributed by atoms with van der Waals surface area (Å²) in [5.74, 6) is -0.000139. The van der Waals surface area contributed by atoms with Crippen molar-refractivity contribution in [3.63, 3.8) is 0 Å². The van der Waals surface area contributed by atoms with E-state index in [-0.39, 0.29) is 11.6 Å². The van der Waals surface area contributed by atoms with Gasteiger partial charge in [-0.05, 0) is 72.7 Å². The van der Waals surface area contributed by atoms with Crippen LogP contribution in [-0.4, -0.2) is 38.4 Å². The molecule has 0 spiro atoms. The average molecular weight is 481 g/mol. The number of fused-ring (bicyclic) bond motifs is 1. The van der Waals surface area contributed by atoms with Crippen molar-refractivity contribution in [2.75, 3.05) is 30.4 Å². The maximum atomic E-state index is 15.1. The molecule has 0 radical (unpaired) electrons. The zero-order valence-electron chi connectivity index (χ0n) is 20.2. The van der Waals surface area contributed by atoms with Crippen LogP contribution in [0.2, 0.25) is 0 Å². The van der Waals surface area contributed by atoms with Gasteiger partial charge < -0.3 is 5.32 Å². The topological polar surface area (TPSA) is 49.4 Å². The summed E-state index contributed by atoms with van der Waals surface area (Å²) < 4.78 is 38.2. The molecule has 0 fully saturated rings. The van der Waals surface area contributed by atoms with Gasteiger partial charge in [0.15, 0.2) is 0 Å². The second-order valence-electron chi connectivity index (χ2n) is 9.23. The van der Waals surface area contributed by atoms with Gasteiger partial charge in [0.25, 0.3) is 0 Å². The number of hydrogen-bond acceptors (Lipinski definition) is 4. The van der Waals surface area contributed by atoms with E-state index in [1.807, 2.05) is 31.2 Å². The molecule has 0 saturated heterocycles. The molecule has 4 rings (SSSR count). The SMILES string of the molecule is CCC1=C(c2cc(Nc3cccc4c3CCN(CCS(C)(=O)=O)C4)ccc2C)C(F)=CC=CC1. The normalized spacial score (nSPS) is 16.8. The van der Waals surface area contributed by atoms with Crippen LogP contribution in [0.3, 0.4) is 0 Å². The Bertz CT molecular complexity index is 1280. The average Bonchev–Trinajstić information content (AvgIpc) is 2.99. The fourth-order valence-corrected chi connectivity index (χ4v) is 5.34. The highest BCUT2D eigenvalue weighted by atomic mass is 32.2. The van der Waals surface area contributed by atoms with Crippen molar-refractivity contribution in [2.24, 2.45) is 0 Å². The van der Waals surface area contributed by atoms with E-state index < -0.39 is 9.84 Å². The molecule has 180 valence electrons. The first-order chi connectivity index (χ1) is 16.2. The molecule has 4 nitrogen and oxygen atoms in total. The number of hydrogen-bond donors (Lipinski definition) is 1. The quantitative estimate of drug-likeness (QED) is 0.519. The number of benzene rings is 2. The van der Waals surface area contributed by atoms with Crippen molar-refractivity contribution in [1.82, 2.24) is 4.90 Å². The Kier molecular flexibility index (Phi) is 7.39. The van der Waals surface area contributed by atoms with Gasteiger partial charge in [0.05, 0.1) is 5.75 Å². The number of anilines is 2. The first-order valence-electron chi connectivity index (χ1n) is 11.9. The van der Waals surface area contributed by atoms with Crippen LogP contribution in [0.4, 0.5) is 15.8 Å². The molecule has 1 aliphatic carbocycles. The van der Waals surface area contributed by atoms with Crippen molar-refractivity contribution < 1.29 is 12.8 Å². The van der Waals surface area contributed by atoms with Gasteiger partial charge >= 0.3 is 0 Å². The van der Waals surface area contributed by atoms with Crippen LogP contribution >= 0.6 is 0 Å². The Hall–Kier alpha value is -2.70. The van der Waals surface area contributed by atoms with Crippen molar-refractivity contribution in [2.45, 2.75) is 39.7 Å². The molecule has 2 aromatic carbocycles. The second-order valence-corrected chi connectivity index (χ2v) is 11.5. The predicted octanol–water partition coefficient (Wildman–Crippen LogP) is 6.12. The van der Waals surface area contributed by atoms with Crippen LogP contribution in [0.15, 0.2) is 66.0 Å². The molecule has 0 atom stereocenters. The fourth-order valence-electron chi connectivity index (χ4n) is 4.75. The Morgan fingerprint density at radius 1 is 1.18 bits per heavy atom. The monoisotopic (exact) mass is 480 g/mol. The molecule has 2 aliphatic rings. The lowest BCUT2D eigenvalue weighted by Gasteiger charge is -2.30. The number of nitrogens with one attached hydrogen (secondary N) is 1. The molecule has 2 aromatic rings. The van der Waals surface area contributed by atoms with E-state index in [0.29, 0.717) is 12.1 Å². The summed E-state index contributed by atoms with van der Waals surface area (Å²) in [5, 5.41) is 3.58. The Morgan fingerprint density at radius 2 is 2.00 bits per heavy atom. The minimum Gasteiger partial charge on any atom is -0.355 e. The first-order valence-corrected chi connectivity index (χ1v) is 13.9. The lowest BCUT2D eigenvalue weighted by molar-refractivity contribution is 0.269. The highest BCUT2D eigenvalue weighted by Crippen LogP contribution is 2.37. The van der Waals surface area contributed by atoms with E-state index in [0.717, 1.165) is 60.4 Å². The molecule has 1 heterocycles. The standard InChI is InChI=1S/C28H33FN2O2S/c1-4-21-8-5-6-10-26(29)28(21)25-18-23(13-12-20(25)2)30-27-11-7-9-22-19-31(15-14-24(22)27)16-17-34(3,32)33/h5-7,9-13,18,30H,4,8,14-17,19H2,1-3H3. The van der Waals surface area contributed by atoms with Crippen molar-refractivity contribution in [3.8, 4) is 0 Å². The largest absolute Gasteiger partial charge is 0.355 e. The first kappa shape index (κ1) is 24.4. The van der Waals surface area contributed by atoms with E-state index in [9.17, 15) is 8.42 Å². The van der Waals surface area contributed by atoms with E-state index in [4.69, 9.17) is 0 Å². The molecule has 0 aromatic heterocycles. The highest BCUT2D eigenvalue weighted by molar-refractivity contribution is 7.90. The van der Waals surface area contributed by atoms with Gasteiger partial charge in [0.1, 0.15) is 15.7 Å². The van der Waals surface area contributed by atoms with Gasteiger partial charge in [-0.15, -0.1) is 0 Å². The van der Waals surface area contributed by atoms with E-state index in [2.05, 4.69) is 35.3 Å². The smallest absolute Gasteiger partial charge is 0.148 e. The lowest BCUT2D eigenvalue weighted by Crippen LogP contribution is -2.34. The van der Waals surface area contributed by atoms with Gasteiger partial charge in [-0.2, -0.15) is 0 Å². The third-order valence-corrected chi connectivity index (χ3v) is 7.60. The maximum Gasteiger partial charge on any atom is 0.148 e. The van der Waals surface area contributed by atoms with Crippen molar-refractivity contribution >= 4 is 26.8 Å².